The van der Waals surface area contributed by atoms with Crippen molar-refractivity contribution in [3.05, 3.63) is 61.7 Å². The van der Waals surface area contributed by atoms with Crippen molar-refractivity contribution in [2.24, 2.45) is 0 Å². The average Bonchev–Trinajstić information content (AvgIpc) is 2.91. The van der Waals surface area contributed by atoms with Crippen molar-refractivity contribution in [3.8, 4) is 0 Å². The van der Waals surface area contributed by atoms with E-state index in [1.54, 1.807) is 11.1 Å². The molecule has 2 unspecified atom stereocenters. The van der Waals surface area contributed by atoms with Crippen molar-refractivity contribution >= 4 is 14.0 Å². The van der Waals surface area contributed by atoms with Crippen molar-refractivity contribution in [2.75, 3.05) is 12.8 Å². The van der Waals surface area contributed by atoms with Gasteiger partial charge in [0.2, 0.25) is 0 Å². The van der Waals surface area contributed by atoms with Crippen LogP contribution in [0.2, 0.25) is 0 Å². The maximum atomic E-state index is 2.51. The molecule has 0 saturated carbocycles. The fourth-order valence-corrected chi connectivity index (χ4v) is 10.5. The standard InChI is InChI=1S/C9H7.C7H8P.2FH.Zr/c1-2-5-9-7-3-6-8(9)4-1;1-8-5-6-3-2-4-7(6)8;;;/h1-7H;3H,2,5H2,1H3;2*1H;/q;;;;+2/p-2. The summed E-state index contributed by atoms with van der Waals surface area (Å²) in [5, 5.41) is 1.84. The molecule has 1 aromatic rings. The van der Waals surface area contributed by atoms with Gasteiger partial charge in [-0.1, -0.05) is 0 Å². The van der Waals surface area contributed by atoms with Crippen molar-refractivity contribution in [2.45, 2.75) is 10.0 Å². The van der Waals surface area contributed by atoms with Crippen LogP contribution in [0.4, 0.5) is 0 Å². The molecule has 1 aromatic carbocycles. The maximum absolute atomic E-state index is 2.51. The first-order valence-electron chi connectivity index (χ1n) is 6.50. The minimum atomic E-state index is -0.459. The van der Waals surface area contributed by atoms with Gasteiger partial charge in [0, 0.05) is 0 Å². The van der Waals surface area contributed by atoms with Crippen molar-refractivity contribution in [1.29, 1.82) is 0 Å². The summed E-state index contributed by atoms with van der Waals surface area (Å²) in [7, 11) is 0.245. The third-order valence-corrected chi connectivity index (χ3v) is 10.7. The molecule has 0 N–H and O–H groups in total. The predicted molar refractivity (Wildman–Crippen MR) is 75.7 cm³/mol. The molecule has 0 radical (unpaired) electrons. The number of benzene rings is 1. The van der Waals surface area contributed by atoms with Gasteiger partial charge in [-0.2, -0.15) is 0 Å². The summed E-state index contributed by atoms with van der Waals surface area (Å²) >= 11 is -0.459. The molecular weight excluding hydrogens is 352 g/mol. The zero-order valence-corrected chi connectivity index (χ0v) is 14.6. The van der Waals surface area contributed by atoms with E-state index in [0.29, 0.717) is 0 Å². The second-order valence-electron chi connectivity index (χ2n) is 5.23. The smallest absolute Gasteiger partial charge is 1.00 e. The Hall–Kier alpha value is -0.387. The van der Waals surface area contributed by atoms with E-state index in [9.17, 15) is 0 Å². The molecule has 0 bridgehead atoms. The minimum Gasteiger partial charge on any atom is -1.00 e. The van der Waals surface area contributed by atoms with Gasteiger partial charge < -0.3 is 9.41 Å². The Morgan fingerprint density at radius 1 is 1.20 bits per heavy atom. The minimum absolute atomic E-state index is 0. The number of hydrogen-bond acceptors (Lipinski definition) is 0. The SMILES string of the molecule is CP1CC2=CC[C]([Zr+2][CH]3C=Cc4ccccc43)=C21.[F-].[F-]. The predicted octanol–water partition coefficient (Wildman–Crippen LogP) is -1.49. The van der Waals surface area contributed by atoms with Crippen LogP contribution in [0.5, 0.6) is 0 Å². The van der Waals surface area contributed by atoms with Gasteiger partial charge in [0.15, 0.2) is 0 Å². The second kappa shape index (κ2) is 6.16. The first-order chi connectivity index (χ1) is 8.83. The summed E-state index contributed by atoms with van der Waals surface area (Å²) in [5.74, 6) is 0. The van der Waals surface area contributed by atoms with E-state index in [0.717, 1.165) is 3.63 Å². The summed E-state index contributed by atoms with van der Waals surface area (Å²) in [5.41, 5.74) is 4.78. The van der Waals surface area contributed by atoms with Gasteiger partial charge in [-0.25, -0.2) is 0 Å². The molecule has 1 aliphatic heterocycles. The van der Waals surface area contributed by atoms with Crippen molar-refractivity contribution < 1.29 is 32.6 Å². The fourth-order valence-electron chi connectivity index (χ4n) is 3.16. The largest absolute Gasteiger partial charge is 1.00 e. The molecule has 4 rings (SSSR count). The Balaban J connectivity index is 0.000000735. The van der Waals surface area contributed by atoms with Crippen LogP contribution in [0.3, 0.4) is 0 Å². The number of allylic oxidation sites excluding steroid dienone is 5. The zero-order valence-electron chi connectivity index (χ0n) is 11.2. The molecule has 2 aliphatic carbocycles. The molecule has 102 valence electrons. The van der Waals surface area contributed by atoms with E-state index in [2.05, 4.69) is 49.2 Å². The summed E-state index contributed by atoms with van der Waals surface area (Å²) < 4.78 is 2.70. The summed E-state index contributed by atoms with van der Waals surface area (Å²) in [6.07, 6.45) is 10.0. The molecule has 1 fully saturated rings. The van der Waals surface area contributed by atoms with Crippen molar-refractivity contribution in [3.63, 3.8) is 0 Å². The van der Waals surface area contributed by atoms with Crippen LogP contribution in [0.15, 0.2) is 50.6 Å². The van der Waals surface area contributed by atoms with Gasteiger partial charge in [-0.05, 0) is 0 Å². The van der Waals surface area contributed by atoms with Gasteiger partial charge in [-0.3, -0.25) is 0 Å². The van der Waals surface area contributed by atoms with Crippen LogP contribution in [0.25, 0.3) is 6.08 Å². The Morgan fingerprint density at radius 2 is 2.00 bits per heavy atom. The monoisotopic (exact) mass is 366 g/mol. The van der Waals surface area contributed by atoms with Gasteiger partial charge in [-0.15, -0.1) is 0 Å². The van der Waals surface area contributed by atoms with E-state index in [-0.39, 0.29) is 17.3 Å². The molecule has 20 heavy (non-hydrogen) atoms. The van der Waals surface area contributed by atoms with E-state index in [1.165, 1.54) is 18.1 Å². The quantitative estimate of drug-likeness (QED) is 0.559. The van der Waals surface area contributed by atoms with Crippen LogP contribution >= 0.6 is 7.92 Å². The fraction of sp³-hybridized carbons (Fsp3) is 0.250. The Morgan fingerprint density at radius 3 is 2.80 bits per heavy atom. The van der Waals surface area contributed by atoms with Crippen molar-refractivity contribution in [1.82, 2.24) is 0 Å². The molecule has 3 aliphatic rings. The van der Waals surface area contributed by atoms with Gasteiger partial charge >= 0.3 is 122 Å². The number of rotatable bonds is 2. The van der Waals surface area contributed by atoms with Crippen LogP contribution in [0.1, 0.15) is 21.2 Å². The molecule has 1 saturated heterocycles. The first-order valence-corrected chi connectivity index (χ1v) is 11.1. The van der Waals surface area contributed by atoms with Crippen LogP contribution in [-0.4, -0.2) is 12.8 Å². The third kappa shape index (κ3) is 2.44. The van der Waals surface area contributed by atoms with Gasteiger partial charge in [0.1, 0.15) is 0 Å². The maximum Gasteiger partial charge on any atom is -1.00 e. The molecule has 2 atom stereocenters. The third-order valence-electron chi connectivity index (χ3n) is 4.06. The van der Waals surface area contributed by atoms with Gasteiger partial charge in [0.05, 0.1) is 0 Å². The molecule has 0 amide bonds. The second-order valence-corrected chi connectivity index (χ2v) is 11.1. The molecule has 1 heterocycles. The molecule has 0 aromatic heterocycles. The summed E-state index contributed by atoms with van der Waals surface area (Å²) in [6.45, 7) is 2.46. The molecule has 4 heteroatoms. The normalized spacial score (nSPS) is 24.8. The molecule has 0 spiro atoms. The summed E-state index contributed by atoms with van der Waals surface area (Å²) in [4.78, 5) is 0. The zero-order chi connectivity index (χ0) is 12.1. The first kappa shape index (κ1) is 16.0. The Kier molecular flexibility index (Phi) is 4.93. The Labute approximate surface area is 131 Å². The van der Waals surface area contributed by atoms with Crippen LogP contribution in [0, 0.1) is 0 Å². The number of hydrogen-bond donors (Lipinski definition) is 0. The molecule has 0 nitrogen and oxygen atoms in total. The van der Waals surface area contributed by atoms with Gasteiger partial charge in [0.25, 0.3) is 0 Å². The van der Waals surface area contributed by atoms with Crippen LogP contribution in [-0.2, 0) is 23.2 Å². The molecular formula is C16H15F2PZr. The van der Waals surface area contributed by atoms with E-state index < -0.39 is 23.2 Å². The topological polar surface area (TPSA) is 0 Å². The van der Waals surface area contributed by atoms with Crippen LogP contribution < -0.4 is 9.41 Å². The van der Waals surface area contributed by atoms with E-state index in [4.69, 9.17) is 0 Å². The summed E-state index contributed by atoms with van der Waals surface area (Å²) in [6, 6.07) is 8.96. The number of fused-ring (bicyclic) bond motifs is 2. The van der Waals surface area contributed by atoms with E-state index >= 15 is 0 Å². The Bertz CT molecular complexity index is 619. The number of halogens is 2. The average molecular weight is 367 g/mol. The van der Waals surface area contributed by atoms with E-state index in [1.807, 2.05) is 8.60 Å².